The summed E-state index contributed by atoms with van der Waals surface area (Å²) in [5, 5.41) is 2.18. The maximum atomic E-state index is 12.8. The Kier molecular flexibility index (Phi) is 4.12. The summed E-state index contributed by atoms with van der Waals surface area (Å²) in [7, 11) is 0. The first-order valence-corrected chi connectivity index (χ1v) is 6.43. The van der Waals surface area contributed by atoms with Gasteiger partial charge in [-0.1, -0.05) is 25.5 Å². The van der Waals surface area contributed by atoms with Crippen molar-refractivity contribution in [3.05, 3.63) is 35.6 Å². The van der Waals surface area contributed by atoms with Crippen LogP contribution in [-0.4, -0.2) is 22.7 Å². The van der Waals surface area contributed by atoms with E-state index in [0.29, 0.717) is 18.4 Å². The number of nitrogens with zero attached hydrogens (tertiary/aromatic N) is 1. The predicted molar refractivity (Wildman–Crippen MR) is 68.9 cm³/mol. The Bertz CT molecular complexity index is 542. The second-order valence-electron chi connectivity index (χ2n) is 4.69. The number of hydrogen-bond donors (Lipinski definition) is 1. The molecule has 4 amide bonds. The summed E-state index contributed by atoms with van der Waals surface area (Å²) in [6, 6.07) is 4.80. The zero-order valence-electron chi connectivity index (χ0n) is 11.1. The van der Waals surface area contributed by atoms with Crippen LogP contribution in [0.1, 0.15) is 25.3 Å². The van der Waals surface area contributed by atoms with Gasteiger partial charge in [0, 0.05) is 0 Å². The van der Waals surface area contributed by atoms with Crippen LogP contribution in [0.2, 0.25) is 0 Å². The number of imide groups is 2. The molecule has 1 unspecified atom stereocenters. The van der Waals surface area contributed by atoms with Gasteiger partial charge < -0.3 is 0 Å². The van der Waals surface area contributed by atoms with Gasteiger partial charge >= 0.3 is 6.03 Å². The van der Waals surface area contributed by atoms with Crippen LogP contribution < -0.4 is 5.32 Å². The first-order chi connectivity index (χ1) is 9.52. The molecule has 106 valence electrons. The van der Waals surface area contributed by atoms with Gasteiger partial charge in [-0.3, -0.25) is 19.8 Å². The lowest BCUT2D eigenvalue weighted by atomic mass is 9.99. The molecule has 0 spiro atoms. The number of urea groups is 1. The largest absolute Gasteiger partial charge is 0.331 e. The molecule has 0 radical (unpaired) electrons. The van der Waals surface area contributed by atoms with E-state index in [2.05, 4.69) is 5.32 Å². The van der Waals surface area contributed by atoms with Gasteiger partial charge in [-0.2, -0.15) is 0 Å². The monoisotopic (exact) mass is 278 g/mol. The van der Waals surface area contributed by atoms with Gasteiger partial charge in [0.05, 0.1) is 6.54 Å². The lowest BCUT2D eigenvalue weighted by molar-refractivity contribution is -0.143. The van der Waals surface area contributed by atoms with Crippen molar-refractivity contribution < 1.29 is 18.8 Å². The van der Waals surface area contributed by atoms with E-state index >= 15 is 0 Å². The third kappa shape index (κ3) is 2.84. The van der Waals surface area contributed by atoms with Crippen LogP contribution in [0.5, 0.6) is 0 Å². The van der Waals surface area contributed by atoms with E-state index in [-0.39, 0.29) is 12.4 Å². The summed E-state index contributed by atoms with van der Waals surface area (Å²) < 4.78 is 12.8. The number of halogens is 1. The molecule has 1 saturated heterocycles. The first kappa shape index (κ1) is 14.2. The number of benzene rings is 1. The summed E-state index contributed by atoms with van der Waals surface area (Å²) in [6.45, 7) is 1.89. The molecule has 20 heavy (non-hydrogen) atoms. The van der Waals surface area contributed by atoms with Crippen LogP contribution in [-0.2, 0) is 16.1 Å². The molecule has 1 aliphatic rings. The fraction of sp³-hybridized carbons (Fsp3) is 0.357. The van der Waals surface area contributed by atoms with Crippen molar-refractivity contribution in [3.63, 3.8) is 0 Å². The molecule has 6 heteroatoms. The van der Waals surface area contributed by atoms with Gasteiger partial charge in [0.2, 0.25) is 11.8 Å². The Balaban J connectivity index is 2.16. The molecule has 1 aromatic rings. The van der Waals surface area contributed by atoms with Gasteiger partial charge in [0.25, 0.3) is 0 Å². The molecule has 1 fully saturated rings. The molecule has 1 aliphatic heterocycles. The van der Waals surface area contributed by atoms with E-state index in [0.717, 1.165) is 4.90 Å². The Morgan fingerprint density at radius 1 is 1.20 bits per heavy atom. The highest BCUT2D eigenvalue weighted by Crippen LogP contribution is 2.18. The highest BCUT2D eigenvalue weighted by atomic mass is 19.1. The van der Waals surface area contributed by atoms with E-state index in [4.69, 9.17) is 0 Å². The maximum Gasteiger partial charge on any atom is 0.331 e. The molecule has 5 nitrogen and oxygen atoms in total. The Labute approximate surface area is 115 Å². The van der Waals surface area contributed by atoms with Gasteiger partial charge in [-0.25, -0.2) is 9.18 Å². The van der Waals surface area contributed by atoms with E-state index in [1.54, 1.807) is 0 Å². The fourth-order valence-corrected chi connectivity index (χ4v) is 2.13. The molecule has 1 heterocycles. The van der Waals surface area contributed by atoms with E-state index in [1.807, 2.05) is 6.92 Å². The lowest BCUT2D eigenvalue weighted by Gasteiger charge is -2.30. The van der Waals surface area contributed by atoms with Gasteiger partial charge in [-0.05, 0) is 24.1 Å². The quantitative estimate of drug-likeness (QED) is 0.854. The molecule has 1 N–H and O–H groups in total. The molecule has 0 aromatic heterocycles. The minimum absolute atomic E-state index is 0.0262. The minimum Gasteiger partial charge on any atom is -0.277 e. The van der Waals surface area contributed by atoms with E-state index in [1.165, 1.54) is 24.3 Å². The smallest absolute Gasteiger partial charge is 0.277 e. The SMILES string of the molecule is CCCC1C(=O)NC(=O)N(Cc2ccc(F)cc2)C1=O. The maximum absolute atomic E-state index is 12.8. The van der Waals surface area contributed by atoms with Gasteiger partial charge in [0.1, 0.15) is 11.7 Å². The van der Waals surface area contributed by atoms with Crippen LogP contribution in [0.4, 0.5) is 9.18 Å². The van der Waals surface area contributed by atoms with Crippen LogP contribution in [0, 0.1) is 11.7 Å². The minimum atomic E-state index is -0.821. The number of carbonyl (C=O) groups excluding carboxylic acids is 3. The second kappa shape index (κ2) is 5.81. The Morgan fingerprint density at radius 2 is 1.85 bits per heavy atom. The van der Waals surface area contributed by atoms with E-state index < -0.39 is 23.8 Å². The number of rotatable bonds is 4. The van der Waals surface area contributed by atoms with Crippen molar-refractivity contribution in [1.29, 1.82) is 0 Å². The summed E-state index contributed by atoms with van der Waals surface area (Å²) in [6.07, 6.45) is 1.07. The van der Waals surface area contributed by atoms with Crippen molar-refractivity contribution >= 4 is 17.8 Å². The molecule has 0 bridgehead atoms. The highest BCUT2D eigenvalue weighted by molar-refractivity contribution is 6.16. The first-order valence-electron chi connectivity index (χ1n) is 6.43. The second-order valence-corrected chi connectivity index (χ2v) is 4.69. The predicted octanol–water partition coefficient (Wildman–Crippen LogP) is 1.82. The Hall–Kier alpha value is -2.24. The van der Waals surface area contributed by atoms with E-state index in [9.17, 15) is 18.8 Å². The number of barbiturate groups is 1. The normalized spacial score (nSPS) is 19.2. The number of nitrogens with one attached hydrogen (secondary N) is 1. The molecule has 1 atom stereocenters. The van der Waals surface area contributed by atoms with Crippen molar-refractivity contribution in [3.8, 4) is 0 Å². The van der Waals surface area contributed by atoms with Crippen LogP contribution in [0.15, 0.2) is 24.3 Å². The highest BCUT2D eigenvalue weighted by Gasteiger charge is 2.39. The average Bonchev–Trinajstić information content (AvgIpc) is 2.41. The summed E-state index contributed by atoms with van der Waals surface area (Å²) in [4.78, 5) is 36.5. The zero-order valence-corrected chi connectivity index (χ0v) is 11.1. The third-order valence-electron chi connectivity index (χ3n) is 3.19. The average molecular weight is 278 g/mol. The topological polar surface area (TPSA) is 66.5 Å². The molecule has 1 aromatic carbocycles. The number of hydrogen-bond acceptors (Lipinski definition) is 3. The summed E-state index contributed by atoms with van der Waals surface area (Å²) in [5.74, 6) is -2.25. The molecular formula is C14H15FN2O3. The summed E-state index contributed by atoms with van der Waals surface area (Å²) >= 11 is 0. The molecular weight excluding hydrogens is 263 g/mol. The third-order valence-corrected chi connectivity index (χ3v) is 3.19. The van der Waals surface area contributed by atoms with Crippen LogP contribution >= 0.6 is 0 Å². The molecule has 0 saturated carbocycles. The zero-order chi connectivity index (χ0) is 14.7. The van der Waals surface area contributed by atoms with Crippen molar-refractivity contribution in [2.75, 3.05) is 0 Å². The standard InChI is InChI=1S/C14H15FN2O3/c1-2-3-11-12(18)16-14(20)17(13(11)19)8-9-4-6-10(15)7-5-9/h4-7,11H,2-3,8H2,1H3,(H,16,18,20). The molecule has 2 rings (SSSR count). The lowest BCUT2D eigenvalue weighted by Crippen LogP contribution is -2.57. The summed E-state index contributed by atoms with van der Waals surface area (Å²) in [5.41, 5.74) is 0.625. The van der Waals surface area contributed by atoms with Crippen molar-refractivity contribution in [1.82, 2.24) is 10.2 Å². The number of carbonyl (C=O) groups is 3. The molecule has 0 aliphatic carbocycles. The number of amides is 4. The fourth-order valence-electron chi connectivity index (χ4n) is 2.13. The van der Waals surface area contributed by atoms with Crippen molar-refractivity contribution in [2.24, 2.45) is 5.92 Å². The van der Waals surface area contributed by atoms with Crippen molar-refractivity contribution in [2.45, 2.75) is 26.3 Å². The van der Waals surface area contributed by atoms with Crippen LogP contribution in [0.25, 0.3) is 0 Å². The van der Waals surface area contributed by atoms with Gasteiger partial charge in [0.15, 0.2) is 0 Å². The van der Waals surface area contributed by atoms with Crippen LogP contribution in [0.3, 0.4) is 0 Å². The Morgan fingerprint density at radius 3 is 2.45 bits per heavy atom. The van der Waals surface area contributed by atoms with Gasteiger partial charge in [-0.15, -0.1) is 0 Å².